The molecule has 0 aliphatic heterocycles. The molecule has 0 fully saturated rings. The molecule has 0 unspecified atom stereocenters. The minimum Gasteiger partial charge on any atom is -0.453 e. The standard InChI is InChI=1S/C13H11F3O2/c1-7(2)8-3-9-4-10(6-17)18-12(9)11(5-8)13(14,15)16/h3-7H,1-2H3. The highest BCUT2D eigenvalue weighted by Crippen LogP contribution is 2.38. The molecule has 5 heteroatoms. The van der Waals surface area contributed by atoms with E-state index in [4.69, 9.17) is 4.42 Å². The summed E-state index contributed by atoms with van der Waals surface area (Å²) in [6.07, 6.45) is -4.10. The fourth-order valence-corrected chi connectivity index (χ4v) is 1.80. The number of fused-ring (bicyclic) bond motifs is 1. The van der Waals surface area contributed by atoms with Gasteiger partial charge in [0.05, 0.1) is 5.56 Å². The molecule has 0 saturated heterocycles. The minimum atomic E-state index is -4.50. The number of rotatable bonds is 2. The Kier molecular flexibility index (Phi) is 2.92. The summed E-state index contributed by atoms with van der Waals surface area (Å²) in [7, 11) is 0. The number of halogens is 3. The van der Waals surface area contributed by atoms with Crippen LogP contribution in [0.1, 0.15) is 41.4 Å². The van der Waals surface area contributed by atoms with Crippen molar-refractivity contribution in [1.29, 1.82) is 0 Å². The van der Waals surface area contributed by atoms with E-state index < -0.39 is 11.7 Å². The first-order valence-corrected chi connectivity index (χ1v) is 5.42. The Morgan fingerprint density at radius 1 is 1.22 bits per heavy atom. The van der Waals surface area contributed by atoms with Crippen molar-refractivity contribution < 1.29 is 22.4 Å². The fourth-order valence-electron chi connectivity index (χ4n) is 1.80. The van der Waals surface area contributed by atoms with Gasteiger partial charge in [0.1, 0.15) is 5.58 Å². The zero-order valence-corrected chi connectivity index (χ0v) is 9.84. The first-order valence-electron chi connectivity index (χ1n) is 5.42. The lowest BCUT2D eigenvalue weighted by Crippen LogP contribution is -2.06. The summed E-state index contributed by atoms with van der Waals surface area (Å²) in [4.78, 5) is 10.6. The summed E-state index contributed by atoms with van der Waals surface area (Å²) in [6, 6.07) is 4.01. The molecular weight excluding hydrogens is 245 g/mol. The molecule has 0 spiro atoms. The van der Waals surface area contributed by atoms with Crippen molar-refractivity contribution in [3.8, 4) is 0 Å². The van der Waals surface area contributed by atoms with Crippen molar-refractivity contribution >= 4 is 17.3 Å². The largest absolute Gasteiger partial charge is 0.453 e. The third-order valence-corrected chi connectivity index (χ3v) is 2.75. The first-order chi connectivity index (χ1) is 8.32. The fraction of sp³-hybridized carbons (Fsp3) is 0.308. The quantitative estimate of drug-likeness (QED) is 0.746. The van der Waals surface area contributed by atoms with E-state index in [2.05, 4.69) is 0 Å². The van der Waals surface area contributed by atoms with Gasteiger partial charge in [-0.3, -0.25) is 4.79 Å². The van der Waals surface area contributed by atoms with Gasteiger partial charge in [-0.15, -0.1) is 0 Å². The molecule has 0 aliphatic carbocycles. The zero-order chi connectivity index (χ0) is 13.5. The van der Waals surface area contributed by atoms with Gasteiger partial charge in [-0.2, -0.15) is 13.2 Å². The van der Waals surface area contributed by atoms with E-state index in [1.165, 1.54) is 6.07 Å². The van der Waals surface area contributed by atoms with Crippen LogP contribution in [0.5, 0.6) is 0 Å². The molecule has 96 valence electrons. The molecule has 1 aromatic heterocycles. The minimum absolute atomic E-state index is 0.0370. The summed E-state index contributed by atoms with van der Waals surface area (Å²) >= 11 is 0. The molecule has 0 N–H and O–H groups in total. The normalized spacial score (nSPS) is 12.3. The van der Waals surface area contributed by atoms with E-state index in [1.54, 1.807) is 6.07 Å². The van der Waals surface area contributed by atoms with Crippen LogP contribution in [0.15, 0.2) is 22.6 Å². The number of furan rings is 1. The van der Waals surface area contributed by atoms with Crippen LogP contribution in [0.4, 0.5) is 13.2 Å². The van der Waals surface area contributed by atoms with E-state index in [0.717, 1.165) is 6.07 Å². The zero-order valence-electron chi connectivity index (χ0n) is 9.84. The van der Waals surface area contributed by atoms with Gasteiger partial charge in [-0.1, -0.05) is 13.8 Å². The number of alkyl halides is 3. The van der Waals surface area contributed by atoms with Gasteiger partial charge in [-0.25, -0.2) is 0 Å². The summed E-state index contributed by atoms with van der Waals surface area (Å²) in [6.45, 7) is 3.62. The molecule has 0 aliphatic rings. The lowest BCUT2D eigenvalue weighted by Gasteiger charge is -2.11. The average molecular weight is 256 g/mol. The van der Waals surface area contributed by atoms with E-state index in [1.807, 2.05) is 13.8 Å². The molecule has 18 heavy (non-hydrogen) atoms. The van der Waals surface area contributed by atoms with E-state index >= 15 is 0 Å². The maximum absolute atomic E-state index is 12.9. The van der Waals surface area contributed by atoms with Gasteiger partial charge in [0.2, 0.25) is 0 Å². The molecule has 0 radical (unpaired) electrons. The lowest BCUT2D eigenvalue weighted by atomic mass is 9.98. The monoisotopic (exact) mass is 256 g/mol. The maximum atomic E-state index is 12.9. The van der Waals surface area contributed by atoms with E-state index in [-0.39, 0.29) is 17.3 Å². The highest BCUT2D eigenvalue weighted by molar-refractivity contribution is 5.88. The molecule has 0 saturated carbocycles. The van der Waals surface area contributed by atoms with Crippen LogP contribution < -0.4 is 0 Å². The molecule has 2 nitrogen and oxygen atoms in total. The van der Waals surface area contributed by atoms with Gasteiger partial charge < -0.3 is 4.42 Å². The average Bonchev–Trinajstić information content (AvgIpc) is 2.68. The Bertz CT molecular complexity index is 594. The Morgan fingerprint density at radius 3 is 2.39 bits per heavy atom. The SMILES string of the molecule is CC(C)c1cc(C(F)(F)F)c2oc(C=O)cc2c1. The highest BCUT2D eigenvalue weighted by atomic mass is 19.4. The Hall–Kier alpha value is -1.78. The van der Waals surface area contributed by atoms with Crippen LogP contribution in [-0.4, -0.2) is 6.29 Å². The van der Waals surface area contributed by atoms with Crippen LogP contribution >= 0.6 is 0 Å². The van der Waals surface area contributed by atoms with E-state index in [0.29, 0.717) is 17.2 Å². The summed E-state index contributed by atoms with van der Waals surface area (Å²) < 4.78 is 43.7. The topological polar surface area (TPSA) is 30.2 Å². The van der Waals surface area contributed by atoms with Crippen LogP contribution in [-0.2, 0) is 6.18 Å². The van der Waals surface area contributed by atoms with Gasteiger partial charge >= 0.3 is 6.18 Å². The summed E-state index contributed by atoms with van der Waals surface area (Å²) in [5.41, 5.74) is -0.557. The van der Waals surface area contributed by atoms with Crippen LogP contribution in [0.25, 0.3) is 11.0 Å². The van der Waals surface area contributed by atoms with Gasteiger partial charge in [-0.05, 0) is 29.7 Å². The number of hydrogen-bond donors (Lipinski definition) is 0. The summed E-state index contributed by atoms with van der Waals surface area (Å²) in [5.74, 6) is -0.138. The smallest absolute Gasteiger partial charge is 0.420 e. The Morgan fingerprint density at radius 2 is 1.89 bits per heavy atom. The van der Waals surface area contributed by atoms with Crippen molar-refractivity contribution in [3.05, 3.63) is 35.1 Å². The molecule has 0 amide bonds. The number of carbonyl (C=O) groups excluding carboxylic acids is 1. The molecule has 0 bridgehead atoms. The van der Waals surface area contributed by atoms with Gasteiger partial charge in [0.15, 0.2) is 12.0 Å². The van der Waals surface area contributed by atoms with Crippen LogP contribution in [0.3, 0.4) is 0 Å². The van der Waals surface area contributed by atoms with Crippen LogP contribution in [0.2, 0.25) is 0 Å². The second-order valence-corrected chi connectivity index (χ2v) is 4.41. The van der Waals surface area contributed by atoms with Crippen molar-refractivity contribution in [1.82, 2.24) is 0 Å². The van der Waals surface area contributed by atoms with Crippen molar-refractivity contribution in [3.63, 3.8) is 0 Å². The first kappa shape index (κ1) is 12.7. The summed E-state index contributed by atoms with van der Waals surface area (Å²) in [5, 5.41) is 0.302. The number of carbonyl (C=O) groups is 1. The predicted octanol–water partition coefficient (Wildman–Crippen LogP) is 4.39. The Labute approximate surface area is 101 Å². The molecular formula is C13H11F3O2. The predicted molar refractivity (Wildman–Crippen MR) is 60.7 cm³/mol. The Balaban J connectivity index is 2.79. The van der Waals surface area contributed by atoms with Crippen molar-refractivity contribution in [2.45, 2.75) is 25.9 Å². The third-order valence-electron chi connectivity index (χ3n) is 2.75. The molecule has 1 aromatic carbocycles. The maximum Gasteiger partial charge on any atom is 0.420 e. The molecule has 0 atom stereocenters. The number of benzene rings is 1. The molecule has 2 aromatic rings. The number of aldehydes is 1. The third kappa shape index (κ3) is 2.12. The van der Waals surface area contributed by atoms with Crippen molar-refractivity contribution in [2.24, 2.45) is 0 Å². The molecule has 2 rings (SSSR count). The van der Waals surface area contributed by atoms with Gasteiger partial charge in [0, 0.05) is 5.39 Å². The van der Waals surface area contributed by atoms with Gasteiger partial charge in [0.25, 0.3) is 0 Å². The highest BCUT2D eigenvalue weighted by Gasteiger charge is 2.35. The van der Waals surface area contributed by atoms with Crippen molar-refractivity contribution in [2.75, 3.05) is 0 Å². The second-order valence-electron chi connectivity index (χ2n) is 4.41. The lowest BCUT2D eigenvalue weighted by molar-refractivity contribution is -0.136. The number of hydrogen-bond acceptors (Lipinski definition) is 2. The van der Waals surface area contributed by atoms with Crippen LogP contribution in [0, 0.1) is 0 Å². The second kappa shape index (κ2) is 4.15. The van der Waals surface area contributed by atoms with E-state index in [9.17, 15) is 18.0 Å². The molecule has 1 heterocycles.